The van der Waals surface area contributed by atoms with E-state index in [-0.39, 0.29) is 24.0 Å². The highest BCUT2D eigenvalue weighted by atomic mass is 35.5. The maximum absolute atomic E-state index is 12.3. The molecule has 0 fully saturated rings. The van der Waals surface area contributed by atoms with E-state index < -0.39 is 0 Å². The van der Waals surface area contributed by atoms with Gasteiger partial charge in [0.15, 0.2) is 11.0 Å². The van der Waals surface area contributed by atoms with Gasteiger partial charge in [0, 0.05) is 23.0 Å². The molecule has 0 bridgehead atoms. The largest absolute Gasteiger partial charge is 0.273 e. The van der Waals surface area contributed by atoms with Gasteiger partial charge in [0.05, 0.1) is 17.9 Å². The SMILES string of the molecule is O=C(CSc1nnc(-c2ccncc2)n1-c1cccc(Cl)c1)NNC(=O)Cc1ccccc1. The highest BCUT2D eigenvalue weighted by Gasteiger charge is 2.18. The fourth-order valence-electron chi connectivity index (χ4n) is 3.03. The molecule has 33 heavy (non-hydrogen) atoms. The molecule has 0 aliphatic carbocycles. The molecule has 0 unspecified atom stereocenters. The number of hydrogen-bond donors (Lipinski definition) is 2. The molecule has 4 rings (SSSR count). The topological polar surface area (TPSA) is 102 Å². The predicted molar refractivity (Wildman–Crippen MR) is 127 cm³/mol. The molecule has 2 amide bonds. The predicted octanol–water partition coefficient (Wildman–Crippen LogP) is 3.46. The van der Waals surface area contributed by atoms with Gasteiger partial charge in [-0.15, -0.1) is 10.2 Å². The second kappa shape index (κ2) is 10.8. The van der Waals surface area contributed by atoms with E-state index in [1.165, 1.54) is 11.8 Å². The minimum absolute atomic E-state index is 0.0284. The number of hydrogen-bond acceptors (Lipinski definition) is 6. The quantitative estimate of drug-likeness (QED) is 0.311. The second-order valence-electron chi connectivity index (χ2n) is 6.90. The van der Waals surface area contributed by atoms with Gasteiger partial charge in [0.1, 0.15) is 0 Å². The second-order valence-corrected chi connectivity index (χ2v) is 8.28. The van der Waals surface area contributed by atoms with E-state index in [0.717, 1.165) is 16.8 Å². The minimum Gasteiger partial charge on any atom is -0.273 e. The number of carbonyl (C=O) groups is 2. The standard InChI is InChI=1S/C23H19ClN6O2S/c24-18-7-4-8-19(14-18)30-22(17-9-11-25-12-10-17)28-29-23(30)33-15-21(32)27-26-20(31)13-16-5-2-1-3-6-16/h1-12,14H,13,15H2,(H,26,31)(H,27,32). The van der Waals surface area contributed by atoms with Crippen LogP contribution in [0.2, 0.25) is 5.02 Å². The molecule has 2 aromatic heterocycles. The molecule has 0 atom stereocenters. The van der Waals surface area contributed by atoms with E-state index in [0.29, 0.717) is 16.0 Å². The third kappa shape index (κ3) is 5.97. The molecule has 0 saturated carbocycles. The fourth-order valence-corrected chi connectivity index (χ4v) is 3.97. The van der Waals surface area contributed by atoms with Crippen molar-refractivity contribution in [3.63, 3.8) is 0 Å². The number of halogens is 1. The van der Waals surface area contributed by atoms with Crippen molar-refractivity contribution < 1.29 is 9.59 Å². The lowest BCUT2D eigenvalue weighted by molar-refractivity contribution is -0.127. The van der Waals surface area contributed by atoms with Crippen molar-refractivity contribution >= 4 is 35.2 Å². The summed E-state index contributed by atoms with van der Waals surface area (Å²) in [6.45, 7) is 0. The van der Waals surface area contributed by atoms with Crippen molar-refractivity contribution in [1.82, 2.24) is 30.6 Å². The molecule has 8 nitrogen and oxygen atoms in total. The average Bonchev–Trinajstić information content (AvgIpc) is 3.27. The Morgan fingerprint density at radius 3 is 2.42 bits per heavy atom. The summed E-state index contributed by atoms with van der Waals surface area (Å²) in [4.78, 5) is 28.4. The maximum Gasteiger partial charge on any atom is 0.248 e. The Kier molecular flexibility index (Phi) is 7.33. The number of amides is 2. The van der Waals surface area contributed by atoms with Crippen LogP contribution < -0.4 is 10.9 Å². The lowest BCUT2D eigenvalue weighted by atomic mass is 10.1. The molecule has 166 valence electrons. The van der Waals surface area contributed by atoms with Crippen molar-refractivity contribution in [2.45, 2.75) is 11.6 Å². The Morgan fingerprint density at radius 2 is 1.67 bits per heavy atom. The van der Waals surface area contributed by atoms with Crippen LogP contribution in [0.25, 0.3) is 17.1 Å². The summed E-state index contributed by atoms with van der Waals surface area (Å²) < 4.78 is 1.83. The van der Waals surface area contributed by atoms with Crippen LogP contribution in [-0.4, -0.2) is 37.3 Å². The Balaban J connectivity index is 1.44. The average molecular weight is 479 g/mol. The van der Waals surface area contributed by atoms with Crippen molar-refractivity contribution in [2.24, 2.45) is 0 Å². The molecular formula is C23H19ClN6O2S. The molecular weight excluding hydrogens is 460 g/mol. The zero-order valence-electron chi connectivity index (χ0n) is 17.3. The van der Waals surface area contributed by atoms with Gasteiger partial charge in [0.25, 0.3) is 0 Å². The number of nitrogens with zero attached hydrogens (tertiary/aromatic N) is 4. The smallest absolute Gasteiger partial charge is 0.248 e. The van der Waals surface area contributed by atoms with Crippen molar-refractivity contribution in [2.75, 3.05) is 5.75 Å². The highest BCUT2D eigenvalue weighted by Crippen LogP contribution is 2.28. The van der Waals surface area contributed by atoms with Crippen LogP contribution >= 0.6 is 23.4 Å². The number of pyridine rings is 1. The Hall–Kier alpha value is -3.69. The lowest BCUT2D eigenvalue weighted by Gasteiger charge is -2.11. The summed E-state index contributed by atoms with van der Waals surface area (Å²) in [7, 11) is 0. The zero-order valence-corrected chi connectivity index (χ0v) is 18.9. The van der Waals surface area contributed by atoms with Crippen molar-refractivity contribution in [3.8, 4) is 17.1 Å². The first-order chi connectivity index (χ1) is 16.1. The Labute approximate surface area is 199 Å². The lowest BCUT2D eigenvalue weighted by Crippen LogP contribution is -2.43. The molecule has 0 aliphatic heterocycles. The van der Waals surface area contributed by atoms with Gasteiger partial charge in [-0.1, -0.05) is 59.8 Å². The molecule has 2 heterocycles. The first-order valence-corrected chi connectivity index (χ1v) is 11.3. The van der Waals surface area contributed by atoms with Gasteiger partial charge in [0.2, 0.25) is 11.8 Å². The van der Waals surface area contributed by atoms with Crippen LogP contribution in [0.4, 0.5) is 0 Å². The number of benzene rings is 2. The summed E-state index contributed by atoms with van der Waals surface area (Å²) in [6.07, 6.45) is 3.52. The third-order valence-electron chi connectivity index (χ3n) is 4.52. The molecule has 2 N–H and O–H groups in total. The van der Waals surface area contributed by atoms with Crippen LogP contribution in [0, 0.1) is 0 Å². The van der Waals surface area contributed by atoms with E-state index >= 15 is 0 Å². The zero-order chi connectivity index (χ0) is 23.0. The first kappa shape index (κ1) is 22.5. The normalized spacial score (nSPS) is 10.6. The number of hydrazine groups is 1. The molecule has 0 radical (unpaired) electrons. The van der Waals surface area contributed by atoms with Crippen LogP contribution in [0.5, 0.6) is 0 Å². The van der Waals surface area contributed by atoms with Gasteiger partial charge >= 0.3 is 0 Å². The van der Waals surface area contributed by atoms with Gasteiger partial charge in [-0.25, -0.2) is 0 Å². The summed E-state index contributed by atoms with van der Waals surface area (Å²) in [6, 6.07) is 20.2. The van der Waals surface area contributed by atoms with E-state index in [4.69, 9.17) is 11.6 Å². The number of aromatic nitrogens is 4. The van der Waals surface area contributed by atoms with E-state index in [1.54, 1.807) is 24.5 Å². The molecule has 2 aromatic carbocycles. The van der Waals surface area contributed by atoms with E-state index in [1.807, 2.05) is 59.2 Å². The maximum atomic E-state index is 12.3. The van der Waals surface area contributed by atoms with E-state index in [9.17, 15) is 9.59 Å². The molecule has 0 saturated heterocycles. The summed E-state index contributed by atoms with van der Waals surface area (Å²) >= 11 is 7.39. The Morgan fingerprint density at radius 1 is 0.909 bits per heavy atom. The van der Waals surface area contributed by atoms with Gasteiger partial charge in [-0.05, 0) is 35.9 Å². The van der Waals surface area contributed by atoms with Crippen LogP contribution in [0.3, 0.4) is 0 Å². The number of thioether (sulfide) groups is 1. The van der Waals surface area contributed by atoms with Crippen molar-refractivity contribution in [1.29, 1.82) is 0 Å². The monoisotopic (exact) mass is 478 g/mol. The van der Waals surface area contributed by atoms with Crippen LogP contribution in [0.15, 0.2) is 84.3 Å². The molecule has 0 aliphatic rings. The molecule has 0 spiro atoms. The first-order valence-electron chi connectivity index (χ1n) is 9.96. The van der Waals surface area contributed by atoms with Gasteiger partial charge in [-0.2, -0.15) is 0 Å². The van der Waals surface area contributed by atoms with Crippen LogP contribution in [0.1, 0.15) is 5.56 Å². The van der Waals surface area contributed by atoms with Gasteiger partial charge < -0.3 is 0 Å². The summed E-state index contributed by atoms with van der Waals surface area (Å²) in [5.41, 5.74) is 7.31. The van der Waals surface area contributed by atoms with Gasteiger partial charge in [-0.3, -0.25) is 30.0 Å². The molecule has 4 aromatic rings. The minimum atomic E-state index is -0.368. The van der Waals surface area contributed by atoms with Crippen molar-refractivity contribution in [3.05, 3.63) is 89.7 Å². The van der Waals surface area contributed by atoms with E-state index in [2.05, 4.69) is 26.0 Å². The van der Waals surface area contributed by atoms with Crippen LogP contribution in [-0.2, 0) is 16.0 Å². The Bertz CT molecular complexity index is 1250. The number of nitrogens with one attached hydrogen (secondary N) is 2. The summed E-state index contributed by atoms with van der Waals surface area (Å²) in [5, 5.41) is 9.65. The highest BCUT2D eigenvalue weighted by molar-refractivity contribution is 7.99. The fraction of sp³-hybridized carbons (Fsp3) is 0.0870. The summed E-state index contributed by atoms with van der Waals surface area (Å²) in [5.74, 6) is -0.0476. The number of rotatable bonds is 7. The third-order valence-corrected chi connectivity index (χ3v) is 5.68. The number of carbonyl (C=O) groups excluding carboxylic acids is 2. The molecule has 10 heteroatoms.